The Bertz CT molecular complexity index is 1930. The van der Waals surface area contributed by atoms with Crippen molar-refractivity contribution in [2.24, 2.45) is 7.05 Å². The average molecular weight is 643 g/mol. The second kappa shape index (κ2) is 12.1. The number of rotatable bonds is 9. The molecule has 5 aromatic rings. The van der Waals surface area contributed by atoms with Crippen LogP contribution in [-0.2, 0) is 24.8 Å². The molecule has 0 spiro atoms. The van der Waals surface area contributed by atoms with Crippen LogP contribution in [0.3, 0.4) is 0 Å². The molecule has 0 aliphatic carbocycles. The monoisotopic (exact) mass is 642 g/mol. The maximum absolute atomic E-state index is 14.9. The van der Waals surface area contributed by atoms with Crippen molar-refractivity contribution in [1.29, 1.82) is 0 Å². The Labute approximate surface area is 258 Å². The number of carbonyl (C=O) groups is 1. The number of carbonyl (C=O) groups excluding carboxylic acids is 1. The molecule has 238 valence electrons. The van der Waals surface area contributed by atoms with Gasteiger partial charge in [-0.3, -0.25) is 18.8 Å². The molecule has 6 rings (SSSR count). The van der Waals surface area contributed by atoms with Crippen LogP contribution in [0.1, 0.15) is 10.4 Å². The molecule has 0 saturated carbocycles. The molecule has 5 heterocycles. The van der Waals surface area contributed by atoms with Crippen LogP contribution in [0.4, 0.5) is 20.4 Å². The maximum Gasteiger partial charge on any atom is 0.330 e. The lowest BCUT2D eigenvalue weighted by atomic mass is 10.1. The zero-order valence-corrected chi connectivity index (χ0v) is 25.8. The second-order valence-electron chi connectivity index (χ2n) is 10.9. The smallest absolute Gasteiger partial charge is 0.330 e. The molecule has 0 unspecified atom stereocenters. The number of aromatic nitrogens is 6. The van der Waals surface area contributed by atoms with Crippen molar-refractivity contribution in [2.45, 2.75) is 6.54 Å². The van der Waals surface area contributed by atoms with Gasteiger partial charge in [0.25, 0.3) is 5.91 Å². The van der Waals surface area contributed by atoms with E-state index in [1.54, 1.807) is 28.6 Å². The molecule has 0 bridgehead atoms. The van der Waals surface area contributed by atoms with Crippen LogP contribution in [0.2, 0.25) is 0 Å². The molecule has 45 heavy (non-hydrogen) atoms. The first-order valence-electron chi connectivity index (χ1n) is 14.2. The first kappa shape index (κ1) is 30.5. The summed E-state index contributed by atoms with van der Waals surface area (Å²) in [5.41, 5.74) is 7.07. The lowest BCUT2D eigenvalue weighted by Crippen LogP contribution is -2.48. The predicted molar refractivity (Wildman–Crippen MR) is 165 cm³/mol. The first-order valence-corrected chi connectivity index (χ1v) is 15.9. The van der Waals surface area contributed by atoms with Crippen LogP contribution in [0.15, 0.2) is 39.7 Å². The summed E-state index contributed by atoms with van der Waals surface area (Å²) >= 11 is -1.11. The lowest BCUT2D eigenvalue weighted by molar-refractivity contribution is 0.0798. The Morgan fingerprint density at radius 2 is 1.89 bits per heavy atom. The molecule has 0 radical (unpaired) electrons. The van der Waals surface area contributed by atoms with Gasteiger partial charge in [-0.25, -0.2) is 18.6 Å². The number of aryl methyl sites for hydroxylation is 1. The number of benzene rings is 1. The summed E-state index contributed by atoms with van der Waals surface area (Å²) in [6, 6.07) is 5.42. The van der Waals surface area contributed by atoms with Crippen LogP contribution in [0.25, 0.3) is 28.4 Å². The summed E-state index contributed by atoms with van der Waals surface area (Å²) in [7, 11) is 3.13. The molecule has 4 aromatic heterocycles. The summed E-state index contributed by atoms with van der Waals surface area (Å²) in [6.45, 7) is 2.93. The lowest BCUT2D eigenvalue weighted by Gasteiger charge is -2.36. The number of amides is 1. The fraction of sp³-hybridized carbons (Fsp3) is 0.393. The Morgan fingerprint density at radius 1 is 1.13 bits per heavy atom. The van der Waals surface area contributed by atoms with Crippen molar-refractivity contribution >= 4 is 45.5 Å². The number of fused-ring (bicyclic) bond motifs is 3. The maximum atomic E-state index is 14.9. The Balaban J connectivity index is 1.16. The van der Waals surface area contributed by atoms with Crippen molar-refractivity contribution in [3.63, 3.8) is 0 Å². The minimum absolute atomic E-state index is 0.0708. The number of nitrogens with two attached hydrogens (primary N) is 1. The van der Waals surface area contributed by atoms with Crippen molar-refractivity contribution in [1.82, 2.24) is 38.5 Å². The van der Waals surface area contributed by atoms with Crippen molar-refractivity contribution in [3.05, 3.63) is 58.2 Å². The Kier molecular flexibility index (Phi) is 8.23. The van der Waals surface area contributed by atoms with Crippen LogP contribution < -0.4 is 16.3 Å². The topological polar surface area (TPSA) is 159 Å². The third kappa shape index (κ3) is 5.73. The molecule has 2 N–H and O–H groups in total. The van der Waals surface area contributed by atoms with Gasteiger partial charge in [0.2, 0.25) is 11.8 Å². The van der Waals surface area contributed by atoms with Crippen LogP contribution >= 0.6 is 0 Å². The number of anilines is 2. The fourth-order valence-corrected chi connectivity index (χ4v) is 6.00. The third-order valence-corrected chi connectivity index (χ3v) is 8.76. The van der Waals surface area contributed by atoms with Gasteiger partial charge in [0, 0.05) is 59.4 Å². The van der Waals surface area contributed by atoms with E-state index in [2.05, 4.69) is 20.0 Å². The van der Waals surface area contributed by atoms with Gasteiger partial charge in [-0.2, -0.15) is 9.50 Å². The quantitative estimate of drug-likeness (QED) is 0.231. The number of furan rings is 1. The highest BCUT2D eigenvalue weighted by Crippen LogP contribution is 2.26. The van der Waals surface area contributed by atoms with Gasteiger partial charge in [0.1, 0.15) is 22.9 Å². The molecule has 1 aliphatic heterocycles. The molecule has 1 aromatic carbocycles. The summed E-state index contributed by atoms with van der Waals surface area (Å²) in [5, 5.41) is 4.39. The summed E-state index contributed by atoms with van der Waals surface area (Å²) in [5.74, 6) is -1.21. The summed E-state index contributed by atoms with van der Waals surface area (Å²) in [6.07, 6.45) is 3.04. The summed E-state index contributed by atoms with van der Waals surface area (Å²) in [4.78, 5) is 40.3. The highest BCUT2D eigenvalue weighted by Gasteiger charge is 2.26. The molecule has 1 amide bonds. The largest absolute Gasteiger partial charge is 0.617 e. The third-order valence-electron chi connectivity index (χ3n) is 8.00. The Hall–Kier alpha value is -4.48. The van der Waals surface area contributed by atoms with E-state index < -0.39 is 28.7 Å². The standard InChI is InChI=1S/C28H32F2N10O4S/c1-35(12-14-45(3)43)26(41)17-15-20(19(30)16-18(17)29)38-9-6-37(7-10-38)8-11-39-24-22(36(2)28(39)42)25-32-23(21-5-4-13-44-21)34-40(25)27(31)33-24/h4-5,13,15-16H,6-12,14H2,1-3H3,(H2,31,33)/t45-/m0/s1. The zero-order valence-electron chi connectivity index (χ0n) is 24.9. The van der Waals surface area contributed by atoms with Crippen LogP contribution in [-0.4, -0.2) is 107 Å². The molecule has 1 fully saturated rings. The van der Waals surface area contributed by atoms with Gasteiger partial charge >= 0.3 is 5.69 Å². The van der Waals surface area contributed by atoms with Crippen molar-refractivity contribution in [2.75, 3.05) is 69.0 Å². The van der Waals surface area contributed by atoms with E-state index in [4.69, 9.17) is 10.2 Å². The zero-order chi connectivity index (χ0) is 32.0. The van der Waals surface area contributed by atoms with Crippen molar-refractivity contribution < 1.29 is 22.5 Å². The molecule has 1 aliphatic rings. The SMILES string of the molecule is CN(CC[S@+](C)[O-])C(=O)c1cc(N2CCN(CCn3c(=O)n(C)c4c3nc(N)n3nc(-c5ccco5)nc43)CC2)c(F)cc1F. The molecular formula is C28H32F2N10O4S. The van der Waals surface area contributed by atoms with Crippen molar-refractivity contribution in [3.8, 4) is 11.6 Å². The predicted octanol–water partition coefficient (Wildman–Crippen LogP) is 1.17. The first-order chi connectivity index (χ1) is 21.5. The van der Waals surface area contributed by atoms with Gasteiger partial charge in [-0.05, 0) is 18.2 Å². The Morgan fingerprint density at radius 3 is 2.58 bits per heavy atom. The number of nitrogens with zero attached hydrogens (tertiary/aromatic N) is 9. The van der Waals surface area contributed by atoms with E-state index in [0.717, 1.165) is 6.07 Å². The molecule has 1 atom stereocenters. The van der Waals surface area contributed by atoms with E-state index in [1.807, 2.05) is 0 Å². The normalized spacial score (nSPS) is 14.9. The molecule has 14 nitrogen and oxygen atoms in total. The number of halogens is 2. The minimum atomic E-state index is -1.11. The minimum Gasteiger partial charge on any atom is -0.617 e. The van der Waals surface area contributed by atoms with Gasteiger partial charge in [-0.1, -0.05) is 11.2 Å². The van der Waals surface area contributed by atoms with Crippen LogP contribution in [0, 0.1) is 11.6 Å². The van der Waals surface area contributed by atoms with E-state index in [-0.39, 0.29) is 35.2 Å². The van der Waals surface area contributed by atoms with E-state index in [1.165, 1.54) is 39.6 Å². The second-order valence-corrected chi connectivity index (χ2v) is 12.5. The van der Waals surface area contributed by atoms with Gasteiger partial charge in [0.15, 0.2) is 17.1 Å². The number of imidazole rings is 1. The molecule has 17 heteroatoms. The fourth-order valence-electron chi connectivity index (χ4n) is 5.47. The number of hydrogen-bond acceptors (Lipinski definition) is 10. The summed E-state index contributed by atoms with van der Waals surface area (Å²) < 4.78 is 50.7. The average Bonchev–Trinajstić information content (AvgIpc) is 3.75. The van der Waals surface area contributed by atoms with Gasteiger partial charge < -0.3 is 24.5 Å². The molecule has 1 saturated heterocycles. The van der Waals surface area contributed by atoms with Gasteiger partial charge in [-0.15, -0.1) is 5.10 Å². The number of nitrogen functional groups attached to an aromatic ring is 1. The number of hydrogen-bond donors (Lipinski definition) is 1. The van der Waals surface area contributed by atoms with E-state index in [0.29, 0.717) is 67.7 Å². The van der Waals surface area contributed by atoms with Crippen LogP contribution in [0.5, 0.6) is 0 Å². The van der Waals surface area contributed by atoms with Gasteiger partial charge in [0.05, 0.1) is 30.3 Å². The van der Waals surface area contributed by atoms with E-state index in [9.17, 15) is 22.9 Å². The highest BCUT2D eigenvalue weighted by atomic mass is 32.2. The number of piperazine rings is 1. The van der Waals surface area contributed by atoms with E-state index >= 15 is 0 Å². The molecular weight excluding hydrogens is 610 g/mol. The highest BCUT2D eigenvalue weighted by molar-refractivity contribution is 7.90.